The smallest absolute Gasteiger partial charge is 0.342 e. The third-order valence-electron chi connectivity index (χ3n) is 4.91. The van der Waals surface area contributed by atoms with E-state index < -0.39 is 5.97 Å². The second-order valence-corrected chi connectivity index (χ2v) is 6.94. The van der Waals surface area contributed by atoms with E-state index in [-0.39, 0.29) is 18.1 Å². The zero-order chi connectivity index (χ0) is 22.4. The Balaban J connectivity index is 1.60. The van der Waals surface area contributed by atoms with E-state index in [1.165, 1.54) is 25.2 Å². The highest BCUT2D eigenvalue weighted by Crippen LogP contribution is 2.25. The van der Waals surface area contributed by atoms with Crippen LogP contribution >= 0.6 is 0 Å². The highest BCUT2D eigenvalue weighted by atomic mass is 16.5. The molecular formula is C24H25NO6. The molecule has 7 nitrogen and oxygen atoms in total. The molecule has 0 spiro atoms. The number of carbonyl (C=O) groups is 2. The van der Waals surface area contributed by atoms with Crippen molar-refractivity contribution in [1.29, 1.82) is 0 Å². The van der Waals surface area contributed by atoms with E-state index in [1.54, 1.807) is 26.3 Å². The molecule has 3 aromatic carbocycles. The van der Waals surface area contributed by atoms with Crippen LogP contribution in [0, 0.1) is 0 Å². The summed E-state index contributed by atoms with van der Waals surface area (Å²) in [5.41, 5.74) is 1.19. The van der Waals surface area contributed by atoms with Gasteiger partial charge in [0, 0.05) is 19.7 Å². The lowest BCUT2D eigenvalue weighted by Gasteiger charge is -2.18. The summed E-state index contributed by atoms with van der Waals surface area (Å²) >= 11 is 0. The molecule has 0 aromatic heterocycles. The summed E-state index contributed by atoms with van der Waals surface area (Å²) in [4.78, 5) is 26.4. The maximum atomic E-state index is 12.5. The lowest BCUT2D eigenvalue weighted by molar-refractivity contribution is -0.133. The van der Waals surface area contributed by atoms with Crippen molar-refractivity contribution in [2.45, 2.75) is 6.54 Å². The fraction of sp³-hybridized carbons (Fsp3) is 0.250. The molecule has 0 bridgehead atoms. The number of methoxy groups -OCH3 is 3. The summed E-state index contributed by atoms with van der Waals surface area (Å²) < 4.78 is 20.8. The normalized spacial score (nSPS) is 10.5. The van der Waals surface area contributed by atoms with Gasteiger partial charge in [-0.25, -0.2) is 4.79 Å². The third kappa shape index (κ3) is 5.25. The number of likely N-dealkylation sites (N-methyl/N-ethyl adjacent to an activating group) is 1. The standard InChI is InChI=1S/C24H25NO6/c1-25(14-16-5-6-18-12-19(28-2)8-7-17(18)11-16)23(26)15-31-24(27)21-10-9-20(29-3)13-22(21)30-4/h5-13H,14-15H2,1-4H3. The molecule has 0 aliphatic heterocycles. The van der Waals surface area contributed by atoms with Crippen molar-refractivity contribution >= 4 is 22.6 Å². The number of fused-ring (bicyclic) bond motifs is 1. The van der Waals surface area contributed by atoms with E-state index in [0.29, 0.717) is 18.0 Å². The monoisotopic (exact) mass is 423 g/mol. The van der Waals surface area contributed by atoms with E-state index in [9.17, 15) is 9.59 Å². The minimum absolute atomic E-state index is 0.226. The third-order valence-corrected chi connectivity index (χ3v) is 4.91. The van der Waals surface area contributed by atoms with Crippen molar-refractivity contribution < 1.29 is 28.5 Å². The minimum atomic E-state index is -0.638. The Hall–Kier alpha value is -3.74. The molecule has 0 heterocycles. The highest BCUT2D eigenvalue weighted by Gasteiger charge is 2.18. The van der Waals surface area contributed by atoms with E-state index in [1.807, 2.05) is 36.4 Å². The highest BCUT2D eigenvalue weighted by molar-refractivity contribution is 5.94. The lowest BCUT2D eigenvalue weighted by atomic mass is 10.1. The van der Waals surface area contributed by atoms with Gasteiger partial charge >= 0.3 is 5.97 Å². The van der Waals surface area contributed by atoms with Crippen LogP contribution in [-0.4, -0.2) is 51.8 Å². The lowest BCUT2D eigenvalue weighted by Crippen LogP contribution is -2.30. The summed E-state index contributed by atoms with van der Waals surface area (Å²) in [5, 5.41) is 2.11. The number of nitrogens with zero attached hydrogens (tertiary/aromatic N) is 1. The van der Waals surface area contributed by atoms with Crippen LogP contribution in [0.1, 0.15) is 15.9 Å². The van der Waals surface area contributed by atoms with E-state index >= 15 is 0 Å². The molecular weight excluding hydrogens is 398 g/mol. The van der Waals surface area contributed by atoms with Crippen molar-refractivity contribution in [2.75, 3.05) is 35.0 Å². The fourth-order valence-corrected chi connectivity index (χ4v) is 3.14. The molecule has 0 fully saturated rings. The van der Waals surface area contributed by atoms with E-state index in [0.717, 1.165) is 22.1 Å². The quantitative estimate of drug-likeness (QED) is 0.515. The summed E-state index contributed by atoms with van der Waals surface area (Å²) in [5.74, 6) is 0.718. The van der Waals surface area contributed by atoms with Crippen LogP contribution in [0.2, 0.25) is 0 Å². The first-order valence-electron chi connectivity index (χ1n) is 9.65. The largest absolute Gasteiger partial charge is 0.497 e. The molecule has 3 aromatic rings. The van der Waals surface area contributed by atoms with Gasteiger partial charge in [-0.2, -0.15) is 0 Å². The predicted molar refractivity (Wildman–Crippen MR) is 117 cm³/mol. The van der Waals surface area contributed by atoms with Crippen LogP contribution in [0.5, 0.6) is 17.2 Å². The Labute approximate surface area is 181 Å². The molecule has 31 heavy (non-hydrogen) atoms. The number of hydrogen-bond acceptors (Lipinski definition) is 6. The minimum Gasteiger partial charge on any atom is -0.497 e. The van der Waals surface area contributed by atoms with E-state index in [2.05, 4.69) is 0 Å². The van der Waals surface area contributed by atoms with E-state index in [4.69, 9.17) is 18.9 Å². The van der Waals surface area contributed by atoms with Gasteiger partial charge in [-0.1, -0.05) is 18.2 Å². The maximum absolute atomic E-state index is 12.5. The second kappa shape index (κ2) is 9.84. The van der Waals surface area contributed by atoms with Gasteiger partial charge in [0.2, 0.25) is 0 Å². The summed E-state index contributed by atoms with van der Waals surface area (Å²) in [7, 11) is 6.27. The number of rotatable bonds is 8. The van der Waals surface area contributed by atoms with Crippen molar-refractivity contribution in [3.8, 4) is 17.2 Å². The van der Waals surface area contributed by atoms with Gasteiger partial charge in [0.25, 0.3) is 5.91 Å². The molecule has 0 unspecified atom stereocenters. The van der Waals surface area contributed by atoms with Crippen LogP contribution in [0.25, 0.3) is 10.8 Å². The Morgan fingerprint density at radius 1 is 0.806 bits per heavy atom. The molecule has 3 rings (SSSR count). The fourth-order valence-electron chi connectivity index (χ4n) is 3.14. The Morgan fingerprint density at radius 3 is 2.16 bits per heavy atom. The van der Waals surface area contributed by atoms with Gasteiger partial charge < -0.3 is 23.8 Å². The molecule has 0 N–H and O–H groups in total. The van der Waals surface area contributed by atoms with Gasteiger partial charge in [-0.3, -0.25) is 4.79 Å². The second-order valence-electron chi connectivity index (χ2n) is 6.94. The zero-order valence-electron chi connectivity index (χ0n) is 18.0. The van der Waals surface area contributed by atoms with Crippen molar-refractivity contribution in [3.63, 3.8) is 0 Å². The molecule has 0 saturated carbocycles. The Bertz CT molecular complexity index is 1090. The molecule has 0 atom stereocenters. The average molecular weight is 423 g/mol. The molecule has 162 valence electrons. The number of benzene rings is 3. The maximum Gasteiger partial charge on any atom is 0.342 e. The topological polar surface area (TPSA) is 74.3 Å². The number of amides is 1. The molecule has 0 aliphatic rings. The number of carbonyl (C=O) groups excluding carboxylic acids is 2. The zero-order valence-corrected chi connectivity index (χ0v) is 18.0. The first-order valence-corrected chi connectivity index (χ1v) is 9.65. The van der Waals surface area contributed by atoms with Gasteiger partial charge in [-0.05, 0) is 46.7 Å². The first kappa shape index (κ1) is 22.0. The van der Waals surface area contributed by atoms with Crippen molar-refractivity contribution in [1.82, 2.24) is 4.90 Å². The van der Waals surface area contributed by atoms with Gasteiger partial charge in [0.05, 0.1) is 21.3 Å². The first-order chi connectivity index (χ1) is 14.9. The predicted octanol–water partition coefficient (Wildman–Crippen LogP) is 3.68. The van der Waals surface area contributed by atoms with Crippen molar-refractivity contribution in [2.24, 2.45) is 0 Å². The average Bonchev–Trinajstić information content (AvgIpc) is 2.81. The number of hydrogen-bond donors (Lipinski definition) is 0. The molecule has 0 aliphatic carbocycles. The van der Waals surface area contributed by atoms with Crippen molar-refractivity contribution in [3.05, 3.63) is 65.7 Å². The van der Waals surface area contributed by atoms with Gasteiger partial charge in [0.15, 0.2) is 6.61 Å². The SMILES string of the molecule is COc1ccc(C(=O)OCC(=O)N(C)Cc2ccc3cc(OC)ccc3c2)c(OC)c1. The van der Waals surface area contributed by atoms with Crippen LogP contribution in [0.3, 0.4) is 0 Å². The molecule has 1 amide bonds. The van der Waals surface area contributed by atoms with Gasteiger partial charge in [-0.15, -0.1) is 0 Å². The van der Waals surface area contributed by atoms with Crippen LogP contribution < -0.4 is 14.2 Å². The van der Waals surface area contributed by atoms with Crippen LogP contribution in [0.15, 0.2) is 54.6 Å². The van der Waals surface area contributed by atoms with Gasteiger partial charge in [0.1, 0.15) is 22.8 Å². The molecule has 0 radical (unpaired) electrons. The number of ether oxygens (including phenoxy) is 4. The van der Waals surface area contributed by atoms with Crippen LogP contribution in [-0.2, 0) is 16.1 Å². The summed E-state index contributed by atoms with van der Waals surface area (Å²) in [6, 6.07) is 16.5. The Morgan fingerprint density at radius 2 is 1.45 bits per heavy atom. The number of esters is 1. The van der Waals surface area contributed by atoms with Crippen LogP contribution in [0.4, 0.5) is 0 Å². The molecule has 7 heteroatoms. The summed E-state index contributed by atoms with van der Waals surface area (Å²) in [6.07, 6.45) is 0. The Kier molecular flexibility index (Phi) is 6.97. The molecule has 0 saturated heterocycles. The summed E-state index contributed by atoms with van der Waals surface area (Å²) in [6.45, 7) is 0.0273.